The van der Waals surface area contributed by atoms with Gasteiger partial charge in [0.05, 0.1) is 0 Å². The van der Waals surface area contributed by atoms with Gasteiger partial charge in [0.1, 0.15) is 0 Å². The van der Waals surface area contributed by atoms with Crippen LogP contribution in [0, 0.1) is 17.8 Å². The Morgan fingerprint density at radius 2 is 2.41 bits per heavy atom. The summed E-state index contributed by atoms with van der Waals surface area (Å²) in [5.41, 5.74) is 0.449. The zero-order valence-electron chi connectivity index (χ0n) is 9.93. The van der Waals surface area contributed by atoms with E-state index in [1.165, 1.54) is 37.2 Å². The molecule has 1 aromatic heterocycles. The molecule has 2 saturated carbocycles. The third kappa shape index (κ3) is 2.08. The molecule has 17 heavy (non-hydrogen) atoms. The average Bonchev–Trinajstić information content (AvgIpc) is 3.05. The zero-order valence-corrected chi connectivity index (χ0v) is 10.7. The molecule has 3 rings (SSSR count). The highest BCUT2D eigenvalue weighted by Crippen LogP contribution is 2.49. The van der Waals surface area contributed by atoms with Crippen molar-refractivity contribution in [3.05, 3.63) is 11.1 Å². The molecule has 5 heteroatoms. The predicted molar refractivity (Wildman–Crippen MR) is 65.8 cm³/mol. The standard InChI is InChI=1S/C12H17N3OS/c1-7(10-5-8-2-3-9(10)4-8)13-12(16)11-6-17-15-14-11/h6-10H,2-5H2,1H3,(H,13,16). The molecular formula is C12H17N3OS. The Balaban J connectivity index is 1.60. The van der Waals surface area contributed by atoms with Gasteiger partial charge in [0, 0.05) is 11.4 Å². The summed E-state index contributed by atoms with van der Waals surface area (Å²) in [5.74, 6) is 2.35. The molecular weight excluding hydrogens is 234 g/mol. The Labute approximate surface area is 105 Å². The third-order valence-electron chi connectivity index (χ3n) is 4.39. The van der Waals surface area contributed by atoms with E-state index in [9.17, 15) is 4.79 Å². The monoisotopic (exact) mass is 251 g/mol. The summed E-state index contributed by atoms with van der Waals surface area (Å²) in [5, 5.41) is 8.57. The van der Waals surface area contributed by atoms with Gasteiger partial charge in [0.25, 0.3) is 5.91 Å². The van der Waals surface area contributed by atoms with Crippen molar-refractivity contribution in [2.75, 3.05) is 0 Å². The summed E-state index contributed by atoms with van der Waals surface area (Å²) in [6, 6.07) is 0.263. The maximum Gasteiger partial charge on any atom is 0.272 e. The Morgan fingerprint density at radius 3 is 3.00 bits per heavy atom. The molecule has 1 heterocycles. The SMILES string of the molecule is CC(NC(=O)c1csnn1)C1CC2CCC1C2. The first-order valence-electron chi connectivity index (χ1n) is 6.32. The minimum Gasteiger partial charge on any atom is -0.348 e. The van der Waals surface area contributed by atoms with Crippen molar-refractivity contribution < 1.29 is 4.79 Å². The molecule has 4 atom stereocenters. The Kier molecular flexibility index (Phi) is 2.86. The second kappa shape index (κ2) is 4.37. The lowest BCUT2D eigenvalue weighted by atomic mass is 9.84. The number of fused-ring (bicyclic) bond motifs is 2. The number of amides is 1. The lowest BCUT2D eigenvalue weighted by Crippen LogP contribution is -2.40. The highest BCUT2D eigenvalue weighted by atomic mass is 32.1. The summed E-state index contributed by atoms with van der Waals surface area (Å²) in [6.45, 7) is 2.13. The molecule has 4 unspecified atom stereocenters. The molecule has 0 spiro atoms. The van der Waals surface area contributed by atoms with Crippen molar-refractivity contribution in [1.82, 2.24) is 14.9 Å². The molecule has 2 bridgehead atoms. The van der Waals surface area contributed by atoms with Gasteiger partial charge in [-0.15, -0.1) is 5.10 Å². The van der Waals surface area contributed by atoms with Gasteiger partial charge in [0.15, 0.2) is 5.69 Å². The first-order valence-corrected chi connectivity index (χ1v) is 7.15. The molecule has 0 aromatic carbocycles. The van der Waals surface area contributed by atoms with E-state index in [0.29, 0.717) is 11.6 Å². The van der Waals surface area contributed by atoms with E-state index in [4.69, 9.17) is 0 Å². The first-order chi connectivity index (χ1) is 8.24. The van der Waals surface area contributed by atoms with Crippen molar-refractivity contribution in [3.8, 4) is 0 Å². The third-order valence-corrected chi connectivity index (χ3v) is 4.89. The number of hydrogen-bond donors (Lipinski definition) is 1. The molecule has 1 N–H and O–H groups in total. The molecule has 2 aliphatic carbocycles. The van der Waals surface area contributed by atoms with Crippen LogP contribution in [-0.4, -0.2) is 21.5 Å². The fourth-order valence-corrected chi connectivity index (χ4v) is 3.99. The van der Waals surface area contributed by atoms with Crippen LogP contribution in [0.1, 0.15) is 43.1 Å². The number of nitrogens with zero attached hydrogens (tertiary/aromatic N) is 2. The van der Waals surface area contributed by atoms with Crippen LogP contribution in [0.2, 0.25) is 0 Å². The van der Waals surface area contributed by atoms with Crippen LogP contribution in [-0.2, 0) is 0 Å². The highest BCUT2D eigenvalue weighted by Gasteiger charge is 2.42. The second-order valence-corrected chi connectivity index (χ2v) is 6.00. The van der Waals surface area contributed by atoms with Crippen molar-refractivity contribution >= 4 is 17.4 Å². The van der Waals surface area contributed by atoms with Gasteiger partial charge in [0.2, 0.25) is 0 Å². The van der Waals surface area contributed by atoms with E-state index >= 15 is 0 Å². The smallest absolute Gasteiger partial charge is 0.272 e. The van der Waals surface area contributed by atoms with Crippen LogP contribution in [0.15, 0.2) is 5.38 Å². The van der Waals surface area contributed by atoms with Gasteiger partial charge in [-0.3, -0.25) is 4.79 Å². The molecule has 2 fully saturated rings. The van der Waals surface area contributed by atoms with E-state index in [1.807, 2.05) is 0 Å². The van der Waals surface area contributed by atoms with E-state index < -0.39 is 0 Å². The van der Waals surface area contributed by atoms with Gasteiger partial charge in [-0.25, -0.2) is 0 Å². The number of carbonyl (C=O) groups excluding carboxylic acids is 1. The lowest BCUT2D eigenvalue weighted by Gasteiger charge is -2.28. The molecule has 1 aromatic rings. The maximum absolute atomic E-state index is 11.9. The van der Waals surface area contributed by atoms with Crippen LogP contribution < -0.4 is 5.32 Å². The number of carbonyl (C=O) groups is 1. The summed E-state index contributed by atoms with van der Waals surface area (Å²) in [6.07, 6.45) is 5.43. The molecule has 0 radical (unpaired) electrons. The van der Waals surface area contributed by atoms with Gasteiger partial charge < -0.3 is 5.32 Å². The number of rotatable bonds is 3. The summed E-state index contributed by atoms with van der Waals surface area (Å²) in [7, 11) is 0. The zero-order chi connectivity index (χ0) is 11.8. The number of aromatic nitrogens is 2. The quantitative estimate of drug-likeness (QED) is 0.895. The molecule has 92 valence electrons. The van der Waals surface area contributed by atoms with Crippen molar-refractivity contribution in [2.45, 2.75) is 38.6 Å². The summed E-state index contributed by atoms with van der Waals surface area (Å²) >= 11 is 1.22. The van der Waals surface area contributed by atoms with Crippen LogP contribution in [0.25, 0.3) is 0 Å². The second-order valence-electron chi connectivity index (χ2n) is 5.39. The fraction of sp³-hybridized carbons (Fsp3) is 0.750. The van der Waals surface area contributed by atoms with Crippen molar-refractivity contribution in [2.24, 2.45) is 17.8 Å². The summed E-state index contributed by atoms with van der Waals surface area (Å²) < 4.78 is 3.72. The predicted octanol–water partition coefficient (Wildman–Crippen LogP) is 2.09. The minimum atomic E-state index is -0.0750. The highest BCUT2D eigenvalue weighted by molar-refractivity contribution is 7.03. The van der Waals surface area contributed by atoms with E-state index in [-0.39, 0.29) is 11.9 Å². The normalized spacial score (nSPS) is 32.6. The van der Waals surface area contributed by atoms with Gasteiger partial charge in [-0.2, -0.15) is 0 Å². The molecule has 0 aliphatic heterocycles. The molecule has 0 saturated heterocycles. The van der Waals surface area contributed by atoms with E-state index in [1.54, 1.807) is 5.38 Å². The van der Waals surface area contributed by atoms with Crippen LogP contribution in [0.5, 0.6) is 0 Å². The molecule has 2 aliphatic rings. The Bertz CT molecular complexity index is 406. The Hall–Kier alpha value is -0.970. The van der Waals surface area contributed by atoms with Crippen LogP contribution in [0.4, 0.5) is 0 Å². The van der Waals surface area contributed by atoms with Gasteiger partial charge in [-0.1, -0.05) is 10.9 Å². The van der Waals surface area contributed by atoms with Gasteiger partial charge >= 0.3 is 0 Å². The Morgan fingerprint density at radius 1 is 1.53 bits per heavy atom. The van der Waals surface area contributed by atoms with E-state index in [0.717, 1.165) is 11.8 Å². The lowest BCUT2D eigenvalue weighted by molar-refractivity contribution is 0.0910. The van der Waals surface area contributed by atoms with E-state index in [2.05, 4.69) is 21.8 Å². The number of nitrogens with one attached hydrogen (secondary N) is 1. The van der Waals surface area contributed by atoms with Crippen molar-refractivity contribution in [1.29, 1.82) is 0 Å². The molecule has 4 nitrogen and oxygen atoms in total. The topological polar surface area (TPSA) is 54.9 Å². The first kappa shape index (κ1) is 11.1. The van der Waals surface area contributed by atoms with Crippen LogP contribution in [0.3, 0.4) is 0 Å². The van der Waals surface area contributed by atoms with Crippen LogP contribution >= 0.6 is 11.5 Å². The fourth-order valence-electron chi connectivity index (χ4n) is 3.56. The largest absolute Gasteiger partial charge is 0.348 e. The van der Waals surface area contributed by atoms with Gasteiger partial charge in [-0.05, 0) is 55.5 Å². The van der Waals surface area contributed by atoms with Crippen molar-refractivity contribution in [3.63, 3.8) is 0 Å². The minimum absolute atomic E-state index is 0.0750. The maximum atomic E-state index is 11.9. The molecule has 1 amide bonds. The average molecular weight is 251 g/mol. The summed E-state index contributed by atoms with van der Waals surface area (Å²) in [4.78, 5) is 11.9. The number of hydrogen-bond acceptors (Lipinski definition) is 4.